The minimum Gasteiger partial charge on any atom is -0.478 e. The molecule has 0 saturated heterocycles. The Balaban J connectivity index is 1.51. The molecule has 0 saturated carbocycles. The molecule has 0 fully saturated rings. The van der Waals surface area contributed by atoms with Crippen LogP contribution in [0.4, 0.5) is 11.6 Å². The topological polar surface area (TPSA) is 63.2 Å². The Morgan fingerprint density at radius 3 is 2.50 bits per heavy atom. The molecule has 0 bridgehead atoms. The van der Waals surface area contributed by atoms with Gasteiger partial charge in [0.1, 0.15) is 0 Å². The van der Waals surface area contributed by atoms with Crippen LogP contribution in [0.25, 0.3) is 11.3 Å². The number of nitrogens with zero attached hydrogens (tertiary/aromatic N) is 4. The van der Waals surface area contributed by atoms with Crippen molar-refractivity contribution < 1.29 is 4.74 Å². The van der Waals surface area contributed by atoms with Crippen LogP contribution in [0.1, 0.15) is 52.0 Å². The van der Waals surface area contributed by atoms with Crippen molar-refractivity contribution in [1.82, 2.24) is 19.9 Å². The quantitative estimate of drug-likeness (QED) is 0.281. The van der Waals surface area contributed by atoms with Gasteiger partial charge in [-0.15, -0.1) is 0 Å². The highest BCUT2D eigenvalue weighted by atomic mass is 16.5. The Morgan fingerprint density at radius 2 is 1.79 bits per heavy atom. The molecule has 2 heterocycles. The van der Waals surface area contributed by atoms with E-state index in [1.54, 1.807) is 12.4 Å². The van der Waals surface area contributed by atoms with Crippen molar-refractivity contribution in [3.63, 3.8) is 0 Å². The van der Waals surface area contributed by atoms with Gasteiger partial charge in [-0.05, 0) is 88.0 Å². The van der Waals surface area contributed by atoms with Gasteiger partial charge in [0.15, 0.2) is 0 Å². The molecule has 3 aromatic rings. The number of unbranched alkanes of at least 4 members (excludes halogenated alkanes) is 1. The van der Waals surface area contributed by atoms with E-state index in [1.807, 2.05) is 18.2 Å². The average Bonchev–Trinajstić information content (AvgIpc) is 2.83. The van der Waals surface area contributed by atoms with Crippen molar-refractivity contribution in [2.45, 2.75) is 52.9 Å². The summed E-state index contributed by atoms with van der Waals surface area (Å²) >= 11 is 0. The third-order valence-electron chi connectivity index (χ3n) is 5.70. The summed E-state index contributed by atoms with van der Waals surface area (Å²) in [5.41, 5.74) is 4.10. The molecule has 0 aliphatic rings. The van der Waals surface area contributed by atoms with E-state index in [1.165, 1.54) is 37.9 Å². The van der Waals surface area contributed by atoms with Crippen LogP contribution >= 0.6 is 0 Å². The normalized spacial score (nSPS) is 11.2. The maximum atomic E-state index is 5.71. The summed E-state index contributed by atoms with van der Waals surface area (Å²) < 4.78 is 5.71. The zero-order valence-electron chi connectivity index (χ0n) is 21.1. The molecule has 0 amide bonds. The van der Waals surface area contributed by atoms with Crippen LogP contribution in [0.15, 0.2) is 54.9 Å². The molecule has 0 radical (unpaired) electrons. The lowest BCUT2D eigenvalue weighted by Gasteiger charge is -2.14. The Bertz CT molecular complexity index is 973. The second kappa shape index (κ2) is 13.7. The van der Waals surface area contributed by atoms with E-state index < -0.39 is 0 Å². The predicted octanol–water partition coefficient (Wildman–Crippen LogP) is 6.37. The molecule has 1 aromatic carbocycles. The highest BCUT2D eigenvalue weighted by Gasteiger charge is 2.06. The van der Waals surface area contributed by atoms with Gasteiger partial charge in [0.25, 0.3) is 0 Å². The first kappa shape index (κ1) is 25.6. The molecule has 3 rings (SSSR count). The third-order valence-corrected chi connectivity index (χ3v) is 5.70. The summed E-state index contributed by atoms with van der Waals surface area (Å²) in [4.78, 5) is 15.9. The van der Waals surface area contributed by atoms with Gasteiger partial charge >= 0.3 is 0 Å². The monoisotopic (exact) mass is 461 g/mol. The summed E-state index contributed by atoms with van der Waals surface area (Å²) in [7, 11) is 2.20. The van der Waals surface area contributed by atoms with Crippen LogP contribution in [0.5, 0.6) is 5.88 Å². The van der Waals surface area contributed by atoms with Crippen LogP contribution in [0.2, 0.25) is 0 Å². The highest BCUT2D eigenvalue weighted by Crippen LogP contribution is 2.21. The standard InChI is InChI=1S/C28H39N5O/c1-5-18-33(4)19-7-6-8-23-9-12-25(13-10-23)31-28-29-17-15-26(32-28)24-11-14-27(30-21-24)34-20-16-22(2)3/h9-15,17,21-22H,5-8,16,18-20H2,1-4H3,(H,29,31,32). The third kappa shape index (κ3) is 8.75. The average molecular weight is 462 g/mol. The first-order chi connectivity index (χ1) is 16.5. The molecule has 0 aliphatic heterocycles. The van der Waals surface area contributed by atoms with E-state index in [9.17, 15) is 0 Å². The number of benzene rings is 1. The summed E-state index contributed by atoms with van der Waals surface area (Å²) in [6, 6.07) is 14.3. The van der Waals surface area contributed by atoms with Crippen LogP contribution in [-0.4, -0.2) is 46.6 Å². The van der Waals surface area contributed by atoms with Crippen molar-refractivity contribution >= 4 is 11.6 Å². The second-order valence-corrected chi connectivity index (χ2v) is 9.26. The van der Waals surface area contributed by atoms with E-state index in [0.717, 1.165) is 29.8 Å². The molecule has 6 heteroatoms. The molecule has 0 spiro atoms. The highest BCUT2D eigenvalue weighted by molar-refractivity contribution is 5.61. The molecule has 0 atom stereocenters. The fourth-order valence-corrected chi connectivity index (χ4v) is 3.68. The Hall–Kier alpha value is -2.99. The Kier molecular flexibility index (Phi) is 10.3. The maximum absolute atomic E-state index is 5.71. The lowest BCUT2D eigenvalue weighted by atomic mass is 10.1. The van der Waals surface area contributed by atoms with Crippen molar-refractivity contribution in [1.29, 1.82) is 0 Å². The molecule has 2 aromatic heterocycles. The van der Waals surface area contributed by atoms with Gasteiger partial charge in [-0.25, -0.2) is 15.0 Å². The SMILES string of the molecule is CCCN(C)CCCCc1ccc(Nc2nccc(-c3ccc(OCCC(C)C)nc3)n2)cc1. The summed E-state index contributed by atoms with van der Waals surface area (Å²) in [5.74, 6) is 1.83. The summed E-state index contributed by atoms with van der Waals surface area (Å²) in [6.07, 6.45) is 9.35. The molecule has 182 valence electrons. The van der Waals surface area contributed by atoms with E-state index in [0.29, 0.717) is 24.4 Å². The van der Waals surface area contributed by atoms with E-state index in [4.69, 9.17) is 4.74 Å². The lowest BCUT2D eigenvalue weighted by molar-refractivity contribution is 0.279. The van der Waals surface area contributed by atoms with Gasteiger partial charge in [-0.1, -0.05) is 32.9 Å². The first-order valence-electron chi connectivity index (χ1n) is 12.5. The van der Waals surface area contributed by atoms with Gasteiger partial charge in [0.05, 0.1) is 12.3 Å². The lowest BCUT2D eigenvalue weighted by Crippen LogP contribution is -2.20. The largest absolute Gasteiger partial charge is 0.478 e. The van der Waals surface area contributed by atoms with E-state index >= 15 is 0 Å². The minimum atomic E-state index is 0.571. The van der Waals surface area contributed by atoms with Crippen LogP contribution in [0, 0.1) is 5.92 Å². The van der Waals surface area contributed by atoms with Crippen LogP contribution < -0.4 is 10.1 Å². The number of hydrogen-bond acceptors (Lipinski definition) is 6. The number of pyridine rings is 1. The zero-order chi connectivity index (χ0) is 24.2. The maximum Gasteiger partial charge on any atom is 0.227 e. The summed E-state index contributed by atoms with van der Waals surface area (Å²) in [5, 5.41) is 3.31. The molecule has 34 heavy (non-hydrogen) atoms. The van der Waals surface area contributed by atoms with Crippen LogP contribution in [0.3, 0.4) is 0 Å². The van der Waals surface area contributed by atoms with Gasteiger partial charge < -0.3 is 15.0 Å². The van der Waals surface area contributed by atoms with E-state index in [2.05, 4.69) is 77.3 Å². The van der Waals surface area contributed by atoms with Crippen LogP contribution in [-0.2, 0) is 6.42 Å². The van der Waals surface area contributed by atoms with E-state index in [-0.39, 0.29) is 0 Å². The number of anilines is 2. The minimum absolute atomic E-state index is 0.571. The fourth-order valence-electron chi connectivity index (χ4n) is 3.68. The number of aryl methyl sites for hydroxylation is 1. The molecule has 0 unspecified atom stereocenters. The number of nitrogens with one attached hydrogen (secondary N) is 1. The zero-order valence-corrected chi connectivity index (χ0v) is 21.1. The number of ether oxygens (including phenoxy) is 1. The number of rotatable bonds is 14. The number of aromatic nitrogens is 3. The van der Waals surface area contributed by atoms with Crippen molar-refractivity contribution in [2.24, 2.45) is 5.92 Å². The van der Waals surface area contributed by atoms with Gasteiger partial charge in [-0.3, -0.25) is 0 Å². The molecule has 0 aliphatic carbocycles. The molecule has 1 N–H and O–H groups in total. The molecular formula is C28H39N5O. The predicted molar refractivity (Wildman–Crippen MR) is 141 cm³/mol. The van der Waals surface area contributed by atoms with Crippen molar-refractivity contribution in [3.05, 3.63) is 60.4 Å². The van der Waals surface area contributed by atoms with Crippen molar-refractivity contribution in [3.8, 4) is 17.1 Å². The number of hydrogen-bond donors (Lipinski definition) is 1. The molecular weight excluding hydrogens is 422 g/mol. The molecule has 6 nitrogen and oxygen atoms in total. The second-order valence-electron chi connectivity index (χ2n) is 9.26. The fraction of sp³-hybridized carbons (Fsp3) is 0.464. The Morgan fingerprint density at radius 1 is 0.971 bits per heavy atom. The summed E-state index contributed by atoms with van der Waals surface area (Å²) in [6.45, 7) is 9.63. The smallest absolute Gasteiger partial charge is 0.227 e. The van der Waals surface area contributed by atoms with Gasteiger partial charge in [-0.2, -0.15) is 0 Å². The van der Waals surface area contributed by atoms with Crippen molar-refractivity contribution in [2.75, 3.05) is 32.1 Å². The first-order valence-corrected chi connectivity index (χ1v) is 12.5. The van der Waals surface area contributed by atoms with Gasteiger partial charge in [0.2, 0.25) is 11.8 Å². The van der Waals surface area contributed by atoms with Gasteiger partial charge in [0, 0.05) is 29.7 Å². The Labute approximate surface area is 204 Å².